The summed E-state index contributed by atoms with van der Waals surface area (Å²) in [6.45, 7) is 12.0. The SMILES string of the molecule is O=[PH](O)O.[CH2-]CCCCCCC.[CH2-]CCCCCCC.[Ti+2]. The van der Waals surface area contributed by atoms with Crippen molar-refractivity contribution in [1.82, 2.24) is 0 Å². The van der Waals surface area contributed by atoms with Crippen molar-refractivity contribution < 1.29 is 36.1 Å². The number of unbranched alkanes of at least 4 members (excludes halogenated alkanes) is 10. The van der Waals surface area contributed by atoms with Crippen molar-refractivity contribution in [2.45, 2.75) is 90.9 Å². The van der Waals surface area contributed by atoms with Gasteiger partial charge in [0.05, 0.1) is 0 Å². The van der Waals surface area contributed by atoms with E-state index in [1.54, 1.807) is 0 Å². The summed E-state index contributed by atoms with van der Waals surface area (Å²) in [5, 5.41) is 0. The van der Waals surface area contributed by atoms with E-state index in [9.17, 15) is 0 Å². The molecule has 0 aliphatic rings. The fraction of sp³-hybridized carbons (Fsp3) is 0.875. The normalized spacial score (nSPS) is 9.10. The molecule has 0 aliphatic heterocycles. The Kier molecular flexibility index (Phi) is 46.5. The second kappa shape index (κ2) is 32.7. The summed E-state index contributed by atoms with van der Waals surface area (Å²) in [5.74, 6) is 0. The Balaban J connectivity index is -0.000000107. The van der Waals surface area contributed by atoms with Crippen LogP contribution in [0.15, 0.2) is 0 Å². The van der Waals surface area contributed by atoms with E-state index in [0.29, 0.717) is 0 Å². The minimum absolute atomic E-state index is 0. The van der Waals surface area contributed by atoms with Crippen LogP contribution in [-0.4, -0.2) is 9.79 Å². The third-order valence-electron chi connectivity index (χ3n) is 2.71. The second-order valence-corrected chi connectivity index (χ2v) is 5.38. The summed E-state index contributed by atoms with van der Waals surface area (Å²) in [6.07, 6.45) is 16.0. The average Bonchev–Trinajstić information content (AvgIpc) is 2.40. The van der Waals surface area contributed by atoms with Gasteiger partial charge in [-0.15, -0.1) is 0 Å². The van der Waals surface area contributed by atoms with Gasteiger partial charge in [0.1, 0.15) is 0 Å². The van der Waals surface area contributed by atoms with Gasteiger partial charge in [-0.25, -0.2) is 0 Å². The van der Waals surface area contributed by atoms with Gasteiger partial charge < -0.3 is 23.6 Å². The number of rotatable bonds is 10. The van der Waals surface area contributed by atoms with Crippen molar-refractivity contribution in [3.05, 3.63) is 13.8 Å². The molecule has 0 heterocycles. The van der Waals surface area contributed by atoms with Gasteiger partial charge in [-0.2, -0.15) is 12.8 Å². The molecule has 0 aromatic heterocycles. The van der Waals surface area contributed by atoms with Gasteiger partial charge in [-0.3, -0.25) is 4.57 Å². The van der Waals surface area contributed by atoms with Crippen LogP contribution in [0.3, 0.4) is 0 Å². The molecule has 0 atom stereocenters. The number of hydrogen-bond acceptors (Lipinski definition) is 1. The Hall–Kier alpha value is 0.864. The first-order valence-corrected chi connectivity index (χ1v) is 9.37. The molecule has 0 radical (unpaired) electrons. The standard InChI is InChI=1S/2C8H17.H3O3P.Ti/c2*1-3-5-7-8-6-4-2;1-4(2)3;/h2*1,3-8H2,2H3;4H,(H2,1,2,3);/q2*-1;;+2. The molecule has 0 saturated heterocycles. The summed E-state index contributed by atoms with van der Waals surface area (Å²) in [5.41, 5.74) is 0. The van der Waals surface area contributed by atoms with Crippen LogP contribution < -0.4 is 0 Å². The maximum Gasteiger partial charge on any atom is 2.00 e. The van der Waals surface area contributed by atoms with Gasteiger partial charge in [-0.05, 0) is 0 Å². The maximum atomic E-state index is 8.74. The van der Waals surface area contributed by atoms with Crippen LogP contribution in [0.1, 0.15) is 90.9 Å². The Morgan fingerprint density at radius 1 is 0.714 bits per heavy atom. The van der Waals surface area contributed by atoms with Crippen molar-refractivity contribution in [2.75, 3.05) is 0 Å². The first kappa shape index (κ1) is 29.8. The Labute approximate surface area is 149 Å². The Bertz CT molecular complexity index is 142. The van der Waals surface area contributed by atoms with Crippen molar-refractivity contribution in [3.63, 3.8) is 0 Å². The summed E-state index contributed by atoms with van der Waals surface area (Å²) < 4.78 is 8.74. The fourth-order valence-corrected chi connectivity index (χ4v) is 1.56. The average molecular weight is 356 g/mol. The van der Waals surface area contributed by atoms with E-state index in [1.807, 2.05) is 0 Å². The predicted octanol–water partition coefficient (Wildman–Crippen LogP) is 5.72. The quantitative estimate of drug-likeness (QED) is 0.228. The minimum atomic E-state index is -3.13. The van der Waals surface area contributed by atoms with Crippen LogP contribution >= 0.6 is 8.25 Å². The molecule has 0 aromatic carbocycles. The van der Waals surface area contributed by atoms with E-state index in [-0.39, 0.29) is 21.7 Å². The van der Waals surface area contributed by atoms with Crippen LogP contribution in [0.4, 0.5) is 0 Å². The van der Waals surface area contributed by atoms with Gasteiger partial charge in [0.25, 0.3) is 0 Å². The van der Waals surface area contributed by atoms with Crippen LogP contribution in [0.5, 0.6) is 0 Å². The summed E-state index contributed by atoms with van der Waals surface area (Å²) >= 11 is 0. The van der Waals surface area contributed by atoms with Crippen LogP contribution in [0, 0.1) is 13.8 Å². The molecule has 0 aromatic rings. The molecule has 0 unspecified atom stereocenters. The largest absolute Gasteiger partial charge is 2.00 e. The molecule has 2 N–H and O–H groups in total. The summed E-state index contributed by atoms with van der Waals surface area (Å²) in [4.78, 5) is 14.3. The summed E-state index contributed by atoms with van der Waals surface area (Å²) in [7, 11) is -3.13. The van der Waals surface area contributed by atoms with Gasteiger partial charge in [0.2, 0.25) is 0 Å². The van der Waals surface area contributed by atoms with E-state index >= 15 is 0 Å². The van der Waals surface area contributed by atoms with Crippen LogP contribution in [0.25, 0.3) is 0 Å². The monoisotopic (exact) mass is 356 g/mol. The molecule has 0 fully saturated rings. The van der Waals surface area contributed by atoms with Crippen molar-refractivity contribution in [2.24, 2.45) is 0 Å². The van der Waals surface area contributed by atoms with E-state index in [0.717, 1.165) is 12.8 Å². The summed E-state index contributed by atoms with van der Waals surface area (Å²) in [6, 6.07) is 0. The van der Waals surface area contributed by atoms with Gasteiger partial charge >= 0.3 is 30.0 Å². The van der Waals surface area contributed by atoms with Crippen molar-refractivity contribution in [3.8, 4) is 0 Å². The third-order valence-corrected chi connectivity index (χ3v) is 2.71. The topological polar surface area (TPSA) is 57.5 Å². The molecule has 5 heteroatoms. The Morgan fingerprint density at radius 2 is 0.952 bits per heavy atom. The second-order valence-electron chi connectivity index (χ2n) is 4.82. The third kappa shape index (κ3) is 62.9. The maximum absolute atomic E-state index is 8.74. The molecule has 3 nitrogen and oxygen atoms in total. The zero-order chi connectivity index (χ0) is 16.1. The first-order chi connectivity index (χ1) is 9.56. The van der Waals surface area contributed by atoms with Crippen LogP contribution in [0.2, 0.25) is 0 Å². The number of hydrogen-bond donors (Lipinski definition) is 2. The van der Waals surface area contributed by atoms with Gasteiger partial charge in [0, 0.05) is 0 Å². The van der Waals surface area contributed by atoms with E-state index in [4.69, 9.17) is 14.4 Å². The smallest absolute Gasteiger partial charge is 0.343 e. The van der Waals surface area contributed by atoms with E-state index in [2.05, 4.69) is 27.7 Å². The van der Waals surface area contributed by atoms with Crippen molar-refractivity contribution in [1.29, 1.82) is 0 Å². The minimum Gasteiger partial charge on any atom is -0.343 e. The van der Waals surface area contributed by atoms with Gasteiger partial charge in [0.15, 0.2) is 0 Å². The molecule has 0 amide bonds. The predicted molar refractivity (Wildman–Crippen MR) is 90.9 cm³/mol. The Morgan fingerprint density at radius 3 is 1.14 bits per heavy atom. The molecule has 0 rings (SSSR count). The van der Waals surface area contributed by atoms with Crippen molar-refractivity contribution >= 4 is 8.25 Å². The fourth-order valence-electron chi connectivity index (χ4n) is 1.56. The molecular weight excluding hydrogens is 319 g/mol. The zero-order valence-electron chi connectivity index (χ0n) is 14.2. The van der Waals surface area contributed by atoms with E-state index in [1.165, 1.54) is 64.2 Å². The first-order valence-electron chi connectivity index (χ1n) is 8.07. The molecule has 0 spiro atoms. The van der Waals surface area contributed by atoms with Crippen LogP contribution in [-0.2, 0) is 26.3 Å². The zero-order valence-corrected chi connectivity index (χ0v) is 16.8. The van der Waals surface area contributed by atoms with E-state index < -0.39 is 8.25 Å². The van der Waals surface area contributed by atoms with Gasteiger partial charge in [-0.1, -0.05) is 78.1 Å². The molecule has 0 bridgehead atoms. The molecule has 0 aliphatic carbocycles. The molecule has 128 valence electrons. The molecular formula is C16H37O3PTi. The molecule has 21 heavy (non-hydrogen) atoms. The molecule has 0 saturated carbocycles.